The maximum absolute atomic E-state index is 10.9. The summed E-state index contributed by atoms with van der Waals surface area (Å²) in [7, 11) is 0. The number of aliphatic hydroxyl groups is 1. The van der Waals surface area contributed by atoms with Crippen molar-refractivity contribution >= 4 is 11.2 Å². The molecule has 1 fully saturated rings. The van der Waals surface area contributed by atoms with Gasteiger partial charge in [-0.3, -0.25) is 0 Å². The second-order valence-corrected chi connectivity index (χ2v) is 4.58. The molecule has 0 aromatic heterocycles. The summed E-state index contributed by atoms with van der Waals surface area (Å²) in [6, 6.07) is 0. The van der Waals surface area contributed by atoms with Crippen LogP contribution in [0.25, 0.3) is 0 Å². The summed E-state index contributed by atoms with van der Waals surface area (Å²) in [5.74, 6) is 5.95. The van der Waals surface area contributed by atoms with E-state index in [1.807, 2.05) is 0 Å². The Bertz CT molecular complexity index is 125. The molecule has 0 aromatic carbocycles. The first-order chi connectivity index (χ1) is 5.16. The van der Waals surface area contributed by atoms with Crippen LogP contribution in [0.4, 0.5) is 0 Å². The molecule has 1 saturated heterocycles. The molecule has 5 heteroatoms. The van der Waals surface area contributed by atoms with Gasteiger partial charge in [-0.25, -0.2) is 5.90 Å². The fraction of sp³-hybridized carbons (Fsp3) is 1.00. The van der Waals surface area contributed by atoms with Gasteiger partial charge in [-0.15, -0.1) is 0 Å². The van der Waals surface area contributed by atoms with E-state index in [1.165, 1.54) is 0 Å². The van der Waals surface area contributed by atoms with E-state index in [1.54, 1.807) is 0 Å². The second kappa shape index (κ2) is 3.73. The molecule has 66 valence electrons. The predicted octanol–water partition coefficient (Wildman–Crippen LogP) is -0.850. The van der Waals surface area contributed by atoms with Crippen molar-refractivity contribution in [2.24, 2.45) is 5.90 Å². The normalized spacial score (nSPS) is 39.0. The molecule has 0 amide bonds. The molecule has 1 aliphatic rings. The zero-order valence-electron chi connectivity index (χ0n) is 6.28. The lowest BCUT2D eigenvalue weighted by atomic mass is 9.98. The Kier molecular flexibility index (Phi) is 3.15. The Hall–Kier alpha value is 0.190. The highest BCUT2D eigenvalue weighted by Crippen LogP contribution is 2.23. The molecule has 0 saturated carbocycles. The number of nitrogens with two attached hydrogens (primary N) is 1. The first-order valence-electron chi connectivity index (χ1n) is 3.55. The average Bonchev–Trinajstić information content (AvgIpc) is 1.97. The van der Waals surface area contributed by atoms with Gasteiger partial charge in [0.15, 0.2) is 0 Å². The molecular weight excluding hydrogens is 166 g/mol. The van der Waals surface area contributed by atoms with Gasteiger partial charge in [0.05, 0.1) is 12.2 Å². The fourth-order valence-corrected chi connectivity index (χ4v) is 2.55. The minimum absolute atomic E-state index is 0.143. The zero-order valence-corrected chi connectivity index (χ0v) is 7.10. The Morgan fingerprint density at radius 1 is 1.55 bits per heavy atom. The Balaban J connectivity index is 2.35. The van der Waals surface area contributed by atoms with E-state index in [0.29, 0.717) is 24.3 Å². The van der Waals surface area contributed by atoms with E-state index < -0.39 is 16.8 Å². The van der Waals surface area contributed by atoms with Gasteiger partial charge in [0.25, 0.3) is 0 Å². The largest absolute Gasteiger partial charge is 0.616 e. The van der Waals surface area contributed by atoms with Crippen molar-refractivity contribution in [1.29, 1.82) is 0 Å². The first-order valence-corrected chi connectivity index (χ1v) is 5.04. The van der Waals surface area contributed by atoms with Crippen LogP contribution >= 0.6 is 0 Å². The fourth-order valence-electron chi connectivity index (χ4n) is 1.13. The molecule has 0 bridgehead atoms. The molecule has 1 rings (SSSR count). The summed E-state index contributed by atoms with van der Waals surface area (Å²) in [4.78, 5) is 4.37. The summed E-state index contributed by atoms with van der Waals surface area (Å²) >= 11 is -0.747. The van der Waals surface area contributed by atoms with Crippen LogP contribution in [0.3, 0.4) is 0 Å². The van der Waals surface area contributed by atoms with Crippen molar-refractivity contribution in [3.05, 3.63) is 0 Å². The molecule has 3 N–H and O–H groups in total. The summed E-state index contributed by atoms with van der Waals surface area (Å²) in [6.07, 6.45) is 1.05. The number of hydrogen-bond acceptors (Lipinski definition) is 4. The van der Waals surface area contributed by atoms with Crippen molar-refractivity contribution in [2.75, 3.05) is 18.1 Å². The van der Waals surface area contributed by atoms with Gasteiger partial charge in [0, 0.05) is 12.8 Å². The second-order valence-electron chi connectivity index (χ2n) is 2.88. The van der Waals surface area contributed by atoms with Crippen LogP contribution in [0.2, 0.25) is 0 Å². The standard InChI is InChI=1S/C6H13NO3S/c7-10-5-6(8)1-3-11(9)4-2-6/h8H,1-5,7H2. The lowest BCUT2D eigenvalue weighted by Gasteiger charge is -2.31. The predicted molar refractivity (Wildman–Crippen MR) is 42.2 cm³/mol. The van der Waals surface area contributed by atoms with Gasteiger partial charge < -0.3 is 14.5 Å². The highest BCUT2D eigenvalue weighted by Gasteiger charge is 2.34. The van der Waals surface area contributed by atoms with E-state index in [2.05, 4.69) is 4.84 Å². The van der Waals surface area contributed by atoms with Crippen molar-refractivity contribution in [3.8, 4) is 0 Å². The SMILES string of the molecule is NOCC1(O)CC[S+]([O-])CC1. The third kappa shape index (κ3) is 2.61. The van der Waals surface area contributed by atoms with E-state index in [9.17, 15) is 9.66 Å². The van der Waals surface area contributed by atoms with Gasteiger partial charge in [0.1, 0.15) is 11.5 Å². The van der Waals surface area contributed by atoms with Crippen LogP contribution in [0.1, 0.15) is 12.8 Å². The smallest absolute Gasteiger partial charge is 0.108 e. The van der Waals surface area contributed by atoms with Crippen molar-refractivity contribution < 1.29 is 14.5 Å². The molecule has 0 unspecified atom stereocenters. The summed E-state index contributed by atoms with van der Waals surface area (Å²) < 4.78 is 10.9. The molecule has 1 heterocycles. The molecule has 0 radical (unpaired) electrons. The van der Waals surface area contributed by atoms with Crippen molar-refractivity contribution in [1.82, 2.24) is 0 Å². The Morgan fingerprint density at radius 2 is 2.09 bits per heavy atom. The highest BCUT2D eigenvalue weighted by atomic mass is 32.2. The van der Waals surface area contributed by atoms with Crippen molar-refractivity contribution in [2.45, 2.75) is 18.4 Å². The molecular formula is C6H13NO3S. The van der Waals surface area contributed by atoms with Crippen LogP contribution in [0, 0.1) is 0 Å². The third-order valence-electron chi connectivity index (χ3n) is 1.94. The maximum Gasteiger partial charge on any atom is 0.108 e. The topological polar surface area (TPSA) is 78.5 Å². The van der Waals surface area contributed by atoms with Crippen LogP contribution in [0.15, 0.2) is 0 Å². The maximum atomic E-state index is 10.9. The molecule has 4 nitrogen and oxygen atoms in total. The summed E-state index contributed by atoms with van der Waals surface area (Å²) in [6.45, 7) is 0.143. The summed E-state index contributed by atoms with van der Waals surface area (Å²) in [5, 5.41) is 9.65. The first kappa shape index (κ1) is 9.28. The minimum Gasteiger partial charge on any atom is -0.616 e. The number of hydrogen-bond donors (Lipinski definition) is 2. The Labute approximate surface area is 68.9 Å². The van der Waals surface area contributed by atoms with Crippen LogP contribution in [-0.2, 0) is 16.0 Å². The molecule has 0 atom stereocenters. The minimum atomic E-state index is -0.831. The zero-order chi connectivity index (χ0) is 8.32. The summed E-state index contributed by atoms with van der Waals surface area (Å²) in [5.41, 5.74) is -0.831. The Morgan fingerprint density at radius 3 is 2.55 bits per heavy atom. The van der Waals surface area contributed by atoms with Gasteiger partial charge in [0.2, 0.25) is 0 Å². The molecule has 1 aliphatic heterocycles. The van der Waals surface area contributed by atoms with Crippen molar-refractivity contribution in [3.63, 3.8) is 0 Å². The van der Waals surface area contributed by atoms with Gasteiger partial charge in [-0.05, 0) is 0 Å². The molecule has 11 heavy (non-hydrogen) atoms. The molecule has 0 aliphatic carbocycles. The van der Waals surface area contributed by atoms with Crippen LogP contribution in [0.5, 0.6) is 0 Å². The van der Waals surface area contributed by atoms with E-state index in [4.69, 9.17) is 5.90 Å². The lowest BCUT2D eigenvalue weighted by Crippen LogP contribution is -2.43. The quantitative estimate of drug-likeness (QED) is 0.427. The molecule has 0 aromatic rings. The third-order valence-corrected chi connectivity index (χ3v) is 3.26. The van der Waals surface area contributed by atoms with E-state index in [-0.39, 0.29) is 6.61 Å². The monoisotopic (exact) mass is 179 g/mol. The number of rotatable bonds is 2. The van der Waals surface area contributed by atoms with Crippen LogP contribution in [-0.4, -0.2) is 33.4 Å². The van der Waals surface area contributed by atoms with E-state index in [0.717, 1.165) is 0 Å². The van der Waals surface area contributed by atoms with Gasteiger partial charge in [-0.2, -0.15) is 0 Å². The highest BCUT2D eigenvalue weighted by molar-refractivity contribution is 7.91. The lowest BCUT2D eigenvalue weighted by molar-refractivity contribution is -0.0531. The van der Waals surface area contributed by atoms with E-state index >= 15 is 0 Å². The average molecular weight is 179 g/mol. The van der Waals surface area contributed by atoms with Gasteiger partial charge in [-0.1, -0.05) is 11.2 Å². The molecule has 0 spiro atoms. The van der Waals surface area contributed by atoms with Gasteiger partial charge >= 0.3 is 0 Å². The van der Waals surface area contributed by atoms with Crippen LogP contribution < -0.4 is 5.90 Å².